The van der Waals surface area contributed by atoms with Gasteiger partial charge >= 0.3 is 0 Å². The number of nitrogens with one attached hydrogen (secondary N) is 1. The minimum atomic E-state index is -0.278. The van der Waals surface area contributed by atoms with Crippen molar-refractivity contribution in [3.63, 3.8) is 0 Å². The van der Waals surface area contributed by atoms with E-state index in [-0.39, 0.29) is 17.8 Å². The van der Waals surface area contributed by atoms with Crippen LogP contribution in [0.3, 0.4) is 0 Å². The molecule has 1 N–H and O–H groups in total. The van der Waals surface area contributed by atoms with Crippen molar-refractivity contribution in [2.24, 2.45) is 0 Å². The zero-order chi connectivity index (χ0) is 22.2. The van der Waals surface area contributed by atoms with Crippen LogP contribution in [0.4, 0.5) is 4.39 Å². The zero-order valence-corrected chi connectivity index (χ0v) is 18.0. The van der Waals surface area contributed by atoms with Gasteiger partial charge in [-0.05, 0) is 36.6 Å². The molecule has 1 aromatic carbocycles. The largest absolute Gasteiger partial charge is 0.479 e. The third-order valence-corrected chi connectivity index (χ3v) is 6.15. The van der Waals surface area contributed by atoms with Crippen molar-refractivity contribution in [1.82, 2.24) is 24.6 Å². The summed E-state index contributed by atoms with van der Waals surface area (Å²) < 4.78 is 21.3. The van der Waals surface area contributed by atoms with Crippen molar-refractivity contribution in [2.45, 2.75) is 25.8 Å². The zero-order valence-electron chi connectivity index (χ0n) is 18.0. The van der Waals surface area contributed by atoms with Gasteiger partial charge in [-0.25, -0.2) is 9.37 Å². The van der Waals surface area contributed by atoms with Gasteiger partial charge in [0.25, 0.3) is 0 Å². The number of amides is 1. The number of ether oxygens (including phenoxy) is 1. The van der Waals surface area contributed by atoms with Gasteiger partial charge in [-0.3, -0.25) is 9.48 Å². The number of pyridine rings is 1. The summed E-state index contributed by atoms with van der Waals surface area (Å²) in [5.74, 6) is 0.366. The van der Waals surface area contributed by atoms with Crippen LogP contribution in [-0.2, 0) is 4.79 Å². The number of nitrogens with zero attached hydrogens (tertiary/aromatic N) is 4. The van der Waals surface area contributed by atoms with Crippen LogP contribution in [0.2, 0.25) is 0 Å². The number of aromatic amines is 1. The van der Waals surface area contributed by atoms with Gasteiger partial charge in [0.2, 0.25) is 11.8 Å². The highest BCUT2D eigenvalue weighted by atomic mass is 19.1. The molecule has 0 spiro atoms. The van der Waals surface area contributed by atoms with Gasteiger partial charge < -0.3 is 14.6 Å². The molecule has 1 fully saturated rings. The Labute approximate surface area is 184 Å². The molecule has 4 heterocycles. The average molecular weight is 433 g/mol. The van der Waals surface area contributed by atoms with Gasteiger partial charge in [0, 0.05) is 55.1 Å². The average Bonchev–Trinajstić information content (AvgIpc) is 3.43. The summed E-state index contributed by atoms with van der Waals surface area (Å²) in [5, 5.41) is 5.56. The molecule has 164 valence electrons. The number of methoxy groups -OCH3 is 1. The lowest BCUT2D eigenvalue weighted by Crippen LogP contribution is -2.37. The van der Waals surface area contributed by atoms with E-state index in [1.165, 1.54) is 12.1 Å². The summed E-state index contributed by atoms with van der Waals surface area (Å²) in [5.41, 5.74) is 4.13. The molecule has 0 unspecified atom stereocenters. The molecular formula is C24H24FN5O2. The SMILES string of the molecule is COc1nn(C2CCN(C(C)=O)CC2)cc1-c1cnc2[nH]cc(-c3cccc(F)c3)c2c1. The second-order valence-corrected chi connectivity index (χ2v) is 8.10. The topological polar surface area (TPSA) is 76.0 Å². The first-order valence-corrected chi connectivity index (χ1v) is 10.7. The maximum atomic E-state index is 13.8. The maximum absolute atomic E-state index is 13.8. The standard InChI is InChI=1S/C24H24FN5O2/c1-15(31)29-8-6-19(7-9-29)30-14-22(24(28-30)32-2)17-11-20-21(13-27-23(20)26-12-17)16-4-3-5-18(25)10-16/h3-5,10-14,19H,6-9H2,1-2H3,(H,26,27). The quantitative estimate of drug-likeness (QED) is 0.517. The first kappa shape index (κ1) is 20.2. The molecule has 7 nitrogen and oxygen atoms in total. The smallest absolute Gasteiger partial charge is 0.240 e. The predicted molar refractivity (Wildman–Crippen MR) is 120 cm³/mol. The second kappa shape index (κ2) is 8.11. The highest BCUT2D eigenvalue weighted by Crippen LogP contribution is 2.35. The fraction of sp³-hybridized carbons (Fsp3) is 0.292. The van der Waals surface area contributed by atoms with Gasteiger partial charge in [-0.1, -0.05) is 12.1 Å². The Morgan fingerprint density at radius 1 is 1.19 bits per heavy atom. The van der Waals surface area contributed by atoms with E-state index in [0.29, 0.717) is 5.88 Å². The normalized spacial score (nSPS) is 14.8. The Hall–Kier alpha value is -3.68. The fourth-order valence-electron chi connectivity index (χ4n) is 4.40. The lowest BCUT2D eigenvalue weighted by atomic mass is 10.0. The number of hydrogen-bond acceptors (Lipinski definition) is 4. The van der Waals surface area contributed by atoms with Crippen molar-refractivity contribution in [3.05, 3.63) is 54.7 Å². The first-order valence-electron chi connectivity index (χ1n) is 10.7. The summed E-state index contributed by atoms with van der Waals surface area (Å²) in [6.45, 7) is 3.06. The molecule has 0 saturated carbocycles. The van der Waals surface area contributed by atoms with Crippen molar-refractivity contribution in [1.29, 1.82) is 0 Å². The number of fused-ring (bicyclic) bond motifs is 1. The van der Waals surface area contributed by atoms with E-state index >= 15 is 0 Å². The molecule has 0 atom stereocenters. The van der Waals surface area contributed by atoms with Gasteiger partial charge in [0.15, 0.2) is 0 Å². The molecule has 0 radical (unpaired) electrons. The van der Waals surface area contributed by atoms with E-state index in [1.807, 2.05) is 34.1 Å². The van der Waals surface area contributed by atoms with Crippen LogP contribution in [0.5, 0.6) is 5.88 Å². The van der Waals surface area contributed by atoms with E-state index < -0.39 is 0 Å². The first-order chi connectivity index (χ1) is 15.5. The summed E-state index contributed by atoms with van der Waals surface area (Å²) in [6.07, 6.45) is 7.33. The molecular weight excluding hydrogens is 409 g/mol. The number of aromatic nitrogens is 4. The van der Waals surface area contributed by atoms with Crippen molar-refractivity contribution in [2.75, 3.05) is 20.2 Å². The van der Waals surface area contributed by atoms with Crippen LogP contribution in [0.1, 0.15) is 25.8 Å². The molecule has 1 aliphatic rings. The van der Waals surface area contributed by atoms with Crippen LogP contribution in [-0.4, -0.2) is 50.8 Å². The number of likely N-dealkylation sites (tertiary alicyclic amines) is 1. The number of halogens is 1. The number of carbonyl (C=O) groups is 1. The number of piperidine rings is 1. The Bertz CT molecular complexity index is 1290. The highest BCUT2D eigenvalue weighted by molar-refractivity contribution is 5.96. The molecule has 4 aromatic rings. The third kappa shape index (κ3) is 3.62. The van der Waals surface area contributed by atoms with E-state index in [1.54, 1.807) is 26.3 Å². The molecule has 1 saturated heterocycles. The molecule has 0 bridgehead atoms. The van der Waals surface area contributed by atoms with Crippen molar-refractivity contribution < 1.29 is 13.9 Å². The predicted octanol–water partition coefficient (Wildman–Crippen LogP) is 4.42. The van der Waals surface area contributed by atoms with E-state index in [4.69, 9.17) is 4.74 Å². The monoisotopic (exact) mass is 433 g/mol. The van der Waals surface area contributed by atoms with E-state index in [2.05, 4.69) is 15.1 Å². The summed E-state index contributed by atoms with van der Waals surface area (Å²) >= 11 is 0. The Balaban J connectivity index is 1.50. The number of H-pyrrole nitrogens is 1. The maximum Gasteiger partial charge on any atom is 0.240 e. The third-order valence-electron chi connectivity index (χ3n) is 6.15. The second-order valence-electron chi connectivity index (χ2n) is 8.10. The van der Waals surface area contributed by atoms with Gasteiger partial charge in [-0.15, -0.1) is 5.10 Å². The molecule has 3 aromatic heterocycles. The molecule has 1 amide bonds. The lowest BCUT2D eigenvalue weighted by molar-refractivity contribution is -0.130. The van der Waals surface area contributed by atoms with Crippen molar-refractivity contribution in [3.8, 4) is 28.1 Å². The number of hydrogen-bond donors (Lipinski definition) is 1. The highest BCUT2D eigenvalue weighted by Gasteiger charge is 2.24. The van der Waals surface area contributed by atoms with E-state index in [9.17, 15) is 9.18 Å². The Morgan fingerprint density at radius 2 is 2.00 bits per heavy atom. The van der Waals surface area contributed by atoms with Crippen LogP contribution in [0.15, 0.2) is 48.9 Å². The van der Waals surface area contributed by atoms with Gasteiger partial charge in [-0.2, -0.15) is 0 Å². The fourth-order valence-corrected chi connectivity index (χ4v) is 4.40. The summed E-state index contributed by atoms with van der Waals surface area (Å²) in [6, 6.07) is 8.76. The van der Waals surface area contributed by atoms with Crippen LogP contribution in [0, 0.1) is 5.82 Å². The number of carbonyl (C=O) groups excluding carboxylic acids is 1. The summed E-state index contributed by atoms with van der Waals surface area (Å²) in [7, 11) is 1.61. The van der Waals surface area contributed by atoms with Crippen LogP contribution >= 0.6 is 0 Å². The molecule has 32 heavy (non-hydrogen) atoms. The van der Waals surface area contributed by atoms with Crippen LogP contribution < -0.4 is 4.74 Å². The Kier molecular flexibility index (Phi) is 5.13. The van der Waals surface area contributed by atoms with Gasteiger partial charge in [0.1, 0.15) is 11.5 Å². The van der Waals surface area contributed by atoms with Gasteiger partial charge in [0.05, 0.1) is 18.7 Å². The lowest BCUT2D eigenvalue weighted by Gasteiger charge is -2.31. The molecule has 5 rings (SSSR count). The minimum Gasteiger partial charge on any atom is -0.479 e. The molecule has 8 heteroatoms. The van der Waals surface area contributed by atoms with Crippen LogP contribution in [0.25, 0.3) is 33.3 Å². The minimum absolute atomic E-state index is 0.113. The molecule has 0 aliphatic carbocycles. The molecule has 1 aliphatic heterocycles. The summed E-state index contributed by atoms with van der Waals surface area (Å²) in [4.78, 5) is 21.2. The van der Waals surface area contributed by atoms with Crippen molar-refractivity contribution >= 4 is 16.9 Å². The number of benzene rings is 1. The van der Waals surface area contributed by atoms with E-state index in [0.717, 1.165) is 59.2 Å². The number of rotatable bonds is 4. The Morgan fingerprint density at radius 3 is 2.72 bits per heavy atom.